The molecule has 0 fully saturated rings. The third kappa shape index (κ3) is 3.46. The summed E-state index contributed by atoms with van der Waals surface area (Å²) < 4.78 is 12.2. The van der Waals surface area contributed by atoms with Gasteiger partial charge in [-0.05, 0) is 32.0 Å². The highest BCUT2D eigenvalue weighted by Crippen LogP contribution is 2.29. The molecule has 0 aliphatic heterocycles. The number of hydrogen-bond acceptors (Lipinski definition) is 5. The van der Waals surface area contributed by atoms with Crippen LogP contribution in [-0.4, -0.2) is 28.6 Å². The van der Waals surface area contributed by atoms with E-state index in [9.17, 15) is 9.59 Å². The van der Waals surface area contributed by atoms with E-state index in [-0.39, 0.29) is 16.5 Å². The standard InChI is InChI=1S/C15H15ClN2O4/c1-3-18-8-11(16)14(17-18)15(20)22-12-6-5-10(9-19)7-13(12)21-4-2/h5-9H,3-4H2,1-2H3. The van der Waals surface area contributed by atoms with Crippen molar-refractivity contribution in [2.24, 2.45) is 0 Å². The van der Waals surface area contributed by atoms with E-state index < -0.39 is 5.97 Å². The Morgan fingerprint density at radius 2 is 2.14 bits per heavy atom. The van der Waals surface area contributed by atoms with Crippen LogP contribution in [0.25, 0.3) is 0 Å². The van der Waals surface area contributed by atoms with Crippen LogP contribution in [0.15, 0.2) is 24.4 Å². The molecule has 0 saturated heterocycles. The van der Waals surface area contributed by atoms with Gasteiger partial charge in [0.1, 0.15) is 6.29 Å². The summed E-state index contributed by atoms with van der Waals surface area (Å²) in [5, 5.41) is 4.26. The molecule has 0 aliphatic rings. The number of aryl methyl sites for hydroxylation is 1. The van der Waals surface area contributed by atoms with Crippen molar-refractivity contribution in [2.75, 3.05) is 6.61 Å². The Bertz CT molecular complexity index is 697. The maximum atomic E-state index is 12.2. The number of aldehydes is 1. The molecule has 1 heterocycles. The highest BCUT2D eigenvalue weighted by atomic mass is 35.5. The lowest BCUT2D eigenvalue weighted by atomic mass is 10.2. The van der Waals surface area contributed by atoms with E-state index in [1.165, 1.54) is 22.9 Å². The van der Waals surface area contributed by atoms with Crippen LogP contribution in [0.4, 0.5) is 0 Å². The summed E-state index contributed by atoms with van der Waals surface area (Å²) in [5.74, 6) is -0.164. The Kier molecular flexibility index (Phi) is 5.16. The van der Waals surface area contributed by atoms with Crippen molar-refractivity contribution in [3.8, 4) is 11.5 Å². The molecule has 0 spiro atoms. The molecule has 0 radical (unpaired) electrons. The first kappa shape index (κ1) is 16.0. The Hall–Kier alpha value is -2.34. The molecule has 0 aliphatic carbocycles. The van der Waals surface area contributed by atoms with Crippen molar-refractivity contribution in [3.63, 3.8) is 0 Å². The second kappa shape index (κ2) is 7.09. The number of halogens is 1. The van der Waals surface area contributed by atoms with Gasteiger partial charge in [-0.15, -0.1) is 0 Å². The monoisotopic (exact) mass is 322 g/mol. The summed E-state index contributed by atoms with van der Waals surface area (Å²) in [6.45, 7) is 4.63. The minimum Gasteiger partial charge on any atom is -0.490 e. The van der Waals surface area contributed by atoms with Crippen LogP contribution in [0.3, 0.4) is 0 Å². The summed E-state index contributed by atoms with van der Waals surface area (Å²) in [6.07, 6.45) is 2.24. The van der Waals surface area contributed by atoms with Gasteiger partial charge in [-0.25, -0.2) is 4.79 Å². The minimum atomic E-state index is -0.683. The van der Waals surface area contributed by atoms with Gasteiger partial charge in [-0.3, -0.25) is 9.48 Å². The van der Waals surface area contributed by atoms with Gasteiger partial charge >= 0.3 is 5.97 Å². The van der Waals surface area contributed by atoms with Gasteiger partial charge in [-0.2, -0.15) is 5.10 Å². The number of hydrogen-bond donors (Lipinski definition) is 0. The minimum absolute atomic E-state index is 0.0328. The van der Waals surface area contributed by atoms with Crippen LogP contribution in [0.5, 0.6) is 11.5 Å². The molecule has 2 aromatic rings. The predicted molar refractivity (Wildman–Crippen MR) is 80.9 cm³/mol. The molecule has 0 unspecified atom stereocenters. The molecular weight excluding hydrogens is 308 g/mol. The number of carbonyl (C=O) groups excluding carboxylic acids is 2. The Morgan fingerprint density at radius 3 is 2.73 bits per heavy atom. The van der Waals surface area contributed by atoms with Gasteiger partial charge in [0.05, 0.1) is 11.6 Å². The maximum Gasteiger partial charge on any atom is 0.365 e. The molecule has 2 rings (SSSR count). The fourth-order valence-electron chi connectivity index (χ4n) is 1.80. The van der Waals surface area contributed by atoms with E-state index in [0.717, 1.165) is 0 Å². The molecule has 0 N–H and O–H groups in total. The number of carbonyl (C=O) groups is 2. The number of nitrogens with zero attached hydrogens (tertiary/aromatic N) is 2. The summed E-state index contributed by atoms with van der Waals surface area (Å²) in [5.41, 5.74) is 0.460. The lowest BCUT2D eigenvalue weighted by Crippen LogP contribution is -2.12. The van der Waals surface area contributed by atoms with Crippen molar-refractivity contribution in [3.05, 3.63) is 40.7 Å². The van der Waals surface area contributed by atoms with Gasteiger partial charge < -0.3 is 9.47 Å². The second-order valence-electron chi connectivity index (χ2n) is 4.33. The lowest BCUT2D eigenvalue weighted by molar-refractivity contribution is 0.0721. The van der Waals surface area contributed by atoms with Gasteiger partial charge in [0.25, 0.3) is 0 Å². The van der Waals surface area contributed by atoms with Gasteiger partial charge in [0, 0.05) is 18.3 Å². The quantitative estimate of drug-likeness (QED) is 0.464. The highest BCUT2D eigenvalue weighted by molar-refractivity contribution is 6.33. The summed E-state index contributed by atoms with van der Waals surface area (Å²) >= 11 is 5.97. The zero-order valence-electron chi connectivity index (χ0n) is 12.2. The molecule has 1 aromatic carbocycles. The van der Waals surface area contributed by atoms with Gasteiger partial charge in [0.2, 0.25) is 0 Å². The molecule has 0 amide bonds. The summed E-state index contributed by atoms with van der Waals surface area (Å²) in [7, 11) is 0. The number of benzene rings is 1. The van der Waals surface area contributed by atoms with E-state index in [0.29, 0.717) is 30.8 Å². The number of ether oxygens (including phenoxy) is 2. The fraction of sp³-hybridized carbons (Fsp3) is 0.267. The van der Waals surface area contributed by atoms with Crippen molar-refractivity contribution >= 4 is 23.9 Å². The summed E-state index contributed by atoms with van der Waals surface area (Å²) in [6, 6.07) is 4.53. The maximum absolute atomic E-state index is 12.2. The van der Waals surface area contributed by atoms with E-state index in [4.69, 9.17) is 21.1 Å². The molecule has 0 atom stereocenters. The van der Waals surface area contributed by atoms with E-state index >= 15 is 0 Å². The number of esters is 1. The summed E-state index contributed by atoms with van der Waals surface area (Å²) in [4.78, 5) is 23.0. The van der Waals surface area contributed by atoms with Crippen LogP contribution < -0.4 is 9.47 Å². The average Bonchev–Trinajstić information content (AvgIpc) is 2.90. The average molecular weight is 323 g/mol. The Balaban J connectivity index is 2.27. The molecule has 0 bridgehead atoms. The first-order valence-electron chi connectivity index (χ1n) is 6.76. The Labute approximate surface area is 132 Å². The van der Waals surface area contributed by atoms with Crippen LogP contribution >= 0.6 is 11.6 Å². The van der Waals surface area contributed by atoms with E-state index in [1.807, 2.05) is 6.92 Å². The van der Waals surface area contributed by atoms with Crippen molar-refractivity contribution in [2.45, 2.75) is 20.4 Å². The SMILES string of the molecule is CCOc1cc(C=O)ccc1OC(=O)c1nn(CC)cc1Cl. The topological polar surface area (TPSA) is 70.4 Å². The molecule has 0 saturated carbocycles. The first-order valence-corrected chi connectivity index (χ1v) is 7.14. The third-order valence-corrected chi connectivity index (χ3v) is 3.12. The number of rotatable bonds is 6. The molecule has 1 aromatic heterocycles. The molecule has 7 heteroatoms. The highest BCUT2D eigenvalue weighted by Gasteiger charge is 2.19. The van der Waals surface area contributed by atoms with E-state index in [2.05, 4.69) is 5.10 Å². The smallest absolute Gasteiger partial charge is 0.365 e. The number of aromatic nitrogens is 2. The fourth-order valence-corrected chi connectivity index (χ4v) is 2.02. The van der Waals surface area contributed by atoms with Crippen molar-refractivity contribution < 1.29 is 19.1 Å². The van der Waals surface area contributed by atoms with Gasteiger partial charge in [0.15, 0.2) is 17.2 Å². The molecular formula is C15H15ClN2O4. The molecule has 22 heavy (non-hydrogen) atoms. The molecule has 116 valence electrons. The van der Waals surface area contributed by atoms with Gasteiger partial charge in [-0.1, -0.05) is 11.6 Å². The predicted octanol–water partition coefficient (Wildman–Crippen LogP) is 2.99. The third-order valence-electron chi connectivity index (χ3n) is 2.84. The first-order chi connectivity index (χ1) is 10.6. The van der Waals surface area contributed by atoms with Crippen LogP contribution in [-0.2, 0) is 6.54 Å². The van der Waals surface area contributed by atoms with E-state index in [1.54, 1.807) is 13.1 Å². The van der Waals surface area contributed by atoms with Crippen LogP contribution in [0, 0.1) is 0 Å². The van der Waals surface area contributed by atoms with Crippen LogP contribution in [0.2, 0.25) is 5.02 Å². The van der Waals surface area contributed by atoms with Crippen molar-refractivity contribution in [1.29, 1.82) is 0 Å². The van der Waals surface area contributed by atoms with Crippen molar-refractivity contribution in [1.82, 2.24) is 9.78 Å². The zero-order valence-corrected chi connectivity index (χ0v) is 13.0. The largest absolute Gasteiger partial charge is 0.490 e. The molecule has 6 nitrogen and oxygen atoms in total. The zero-order chi connectivity index (χ0) is 16.1. The normalized spacial score (nSPS) is 10.3. The Morgan fingerprint density at radius 1 is 1.36 bits per heavy atom. The van der Waals surface area contributed by atoms with Crippen LogP contribution in [0.1, 0.15) is 34.7 Å². The second-order valence-corrected chi connectivity index (χ2v) is 4.74. The lowest BCUT2D eigenvalue weighted by Gasteiger charge is -2.10.